The predicted octanol–water partition coefficient (Wildman–Crippen LogP) is 2.67. The van der Waals surface area contributed by atoms with Crippen LogP contribution in [0.2, 0.25) is 0 Å². The summed E-state index contributed by atoms with van der Waals surface area (Å²) in [4.78, 5) is 25.8. The first kappa shape index (κ1) is 18.9. The molecule has 1 amide bonds. The zero-order valence-electron chi connectivity index (χ0n) is 17.7. The van der Waals surface area contributed by atoms with Crippen LogP contribution >= 0.6 is 0 Å². The van der Waals surface area contributed by atoms with Gasteiger partial charge in [-0.05, 0) is 38.4 Å². The third-order valence-electron chi connectivity index (χ3n) is 6.44. The summed E-state index contributed by atoms with van der Waals surface area (Å²) in [7, 11) is 2.15. The Kier molecular flexibility index (Phi) is 4.62. The number of fused-ring (bicyclic) bond motifs is 2. The molecule has 0 atom stereocenters. The first-order valence-corrected chi connectivity index (χ1v) is 10.5. The first-order chi connectivity index (χ1) is 14.5. The molecule has 0 saturated carbocycles. The van der Waals surface area contributed by atoms with Crippen LogP contribution in [0, 0.1) is 13.8 Å². The molecule has 30 heavy (non-hydrogen) atoms. The summed E-state index contributed by atoms with van der Waals surface area (Å²) in [6.45, 7) is 7.08. The average Bonchev–Trinajstić information content (AvgIpc) is 3.25. The highest BCUT2D eigenvalue weighted by Crippen LogP contribution is 2.34. The highest BCUT2D eigenvalue weighted by atomic mass is 16.2. The van der Waals surface area contributed by atoms with Crippen molar-refractivity contribution in [2.45, 2.75) is 39.8 Å². The molecule has 0 bridgehead atoms. The summed E-state index contributed by atoms with van der Waals surface area (Å²) >= 11 is 0. The van der Waals surface area contributed by atoms with Crippen molar-refractivity contribution in [3.63, 3.8) is 0 Å². The van der Waals surface area contributed by atoms with Gasteiger partial charge in [-0.15, -0.1) is 0 Å². The summed E-state index contributed by atoms with van der Waals surface area (Å²) in [5.74, 6) is -0.0140. The monoisotopic (exact) mass is 402 g/mol. The largest absolute Gasteiger partial charge is 0.337 e. The number of nitrogens with one attached hydrogen (secondary N) is 1. The summed E-state index contributed by atoms with van der Waals surface area (Å²) < 4.78 is 0. The molecule has 2 aromatic heterocycles. The Hall–Kier alpha value is -3.06. The van der Waals surface area contributed by atoms with Crippen molar-refractivity contribution in [1.29, 1.82) is 0 Å². The van der Waals surface area contributed by atoms with E-state index in [4.69, 9.17) is 5.10 Å². The van der Waals surface area contributed by atoms with Crippen LogP contribution in [0.5, 0.6) is 0 Å². The van der Waals surface area contributed by atoms with Crippen LogP contribution in [0.15, 0.2) is 24.5 Å². The van der Waals surface area contributed by atoms with Crippen molar-refractivity contribution in [3.8, 4) is 11.3 Å². The van der Waals surface area contributed by atoms with E-state index < -0.39 is 0 Å². The molecule has 7 nitrogen and oxygen atoms in total. The van der Waals surface area contributed by atoms with E-state index in [-0.39, 0.29) is 5.91 Å². The number of aromatic nitrogens is 4. The van der Waals surface area contributed by atoms with E-state index in [0.717, 1.165) is 48.6 Å². The Morgan fingerprint density at radius 1 is 1.07 bits per heavy atom. The van der Waals surface area contributed by atoms with Crippen molar-refractivity contribution in [2.24, 2.45) is 0 Å². The number of aryl methyl sites for hydroxylation is 1. The Morgan fingerprint density at radius 2 is 1.90 bits per heavy atom. The molecule has 5 rings (SSSR count). The SMILES string of the molecule is Cc1ncnc(C(=O)N2CCc3[nH]nc(-c4cccc5c4CN(C)C5)c3CC2)c1C. The molecule has 0 unspecified atom stereocenters. The number of benzene rings is 1. The number of carbonyl (C=O) groups excluding carboxylic acids is 1. The number of rotatable bonds is 2. The minimum absolute atomic E-state index is 0.0140. The molecule has 154 valence electrons. The van der Waals surface area contributed by atoms with Crippen molar-refractivity contribution in [1.82, 2.24) is 30.0 Å². The Morgan fingerprint density at radius 3 is 2.77 bits per heavy atom. The van der Waals surface area contributed by atoms with E-state index in [1.807, 2.05) is 18.7 Å². The van der Waals surface area contributed by atoms with Crippen molar-refractivity contribution >= 4 is 5.91 Å². The van der Waals surface area contributed by atoms with Crippen molar-refractivity contribution < 1.29 is 4.79 Å². The molecule has 0 fully saturated rings. The first-order valence-electron chi connectivity index (χ1n) is 10.5. The van der Waals surface area contributed by atoms with E-state index in [1.165, 1.54) is 28.6 Å². The highest BCUT2D eigenvalue weighted by molar-refractivity contribution is 5.94. The van der Waals surface area contributed by atoms with Crippen LogP contribution in [0.4, 0.5) is 0 Å². The molecule has 0 spiro atoms. The van der Waals surface area contributed by atoms with Crippen LogP contribution in [0.1, 0.15) is 44.1 Å². The zero-order valence-corrected chi connectivity index (χ0v) is 17.7. The molecule has 2 aliphatic heterocycles. The molecule has 3 aromatic rings. The van der Waals surface area contributed by atoms with Crippen LogP contribution in [-0.2, 0) is 25.9 Å². The van der Waals surface area contributed by atoms with Gasteiger partial charge in [0.2, 0.25) is 0 Å². The molecule has 7 heteroatoms. The molecule has 1 N–H and O–H groups in total. The van der Waals surface area contributed by atoms with Gasteiger partial charge in [-0.3, -0.25) is 14.8 Å². The molecule has 0 radical (unpaired) electrons. The number of hydrogen-bond donors (Lipinski definition) is 1. The standard InChI is InChI=1S/C23H26N6O/c1-14-15(2)24-13-25-21(14)23(30)29-9-7-18-20(8-10-29)26-27-22(18)17-6-4-5-16-11-28(3)12-19(16)17/h4-6,13H,7-12H2,1-3H3,(H,26,27). The predicted molar refractivity (Wildman–Crippen MR) is 114 cm³/mol. The fourth-order valence-corrected chi connectivity index (χ4v) is 4.62. The normalized spacial score (nSPS) is 16.3. The number of aromatic amines is 1. The van der Waals surface area contributed by atoms with Gasteiger partial charge in [-0.25, -0.2) is 9.97 Å². The van der Waals surface area contributed by atoms with Gasteiger partial charge in [-0.2, -0.15) is 5.10 Å². The average molecular weight is 403 g/mol. The van der Waals surface area contributed by atoms with Gasteiger partial charge >= 0.3 is 0 Å². The van der Waals surface area contributed by atoms with Crippen molar-refractivity contribution in [2.75, 3.05) is 20.1 Å². The number of H-pyrrole nitrogens is 1. The highest BCUT2D eigenvalue weighted by Gasteiger charge is 2.27. The van der Waals surface area contributed by atoms with E-state index in [0.29, 0.717) is 18.8 Å². The molecule has 2 aliphatic rings. The minimum Gasteiger partial charge on any atom is -0.337 e. The van der Waals surface area contributed by atoms with Crippen LogP contribution in [0.25, 0.3) is 11.3 Å². The van der Waals surface area contributed by atoms with Gasteiger partial charge in [0.1, 0.15) is 12.0 Å². The number of carbonyl (C=O) groups is 1. The molecule has 1 aromatic carbocycles. The second kappa shape index (κ2) is 7.32. The minimum atomic E-state index is -0.0140. The van der Waals surface area contributed by atoms with Crippen LogP contribution in [0.3, 0.4) is 0 Å². The second-order valence-corrected chi connectivity index (χ2v) is 8.37. The van der Waals surface area contributed by atoms with Gasteiger partial charge in [0, 0.05) is 60.7 Å². The van der Waals surface area contributed by atoms with Crippen molar-refractivity contribution in [3.05, 3.63) is 63.9 Å². The smallest absolute Gasteiger partial charge is 0.272 e. The molecule has 0 saturated heterocycles. The van der Waals surface area contributed by atoms with E-state index in [2.05, 4.69) is 45.2 Å². The quantitative estimate of drug-likeness (QED) is 0.713. The summed E-state index contributed by atoms with van der Waals surface area (Å²) in [6.07, 6.45) is 3.03. The lowest BCUT2D eigenvalue weighted by Gasteiger charge is -2.21. The van der Waals surface area contributed by atoms with Crippen LogP contribution < -0.4 is 0 Å². The van der Waals surface area contributed by atoms with E-state index in [9.17, 15) is 4.79 Å². The maximum atomic E-state index is 13.1. The maximum Gasteiger partial charge on any atom is 0.272 e. The molecular weight excluding hydrogens is 376 g/mol. The van der Waals surface area contributed by atoms with Gasteiger partial charge < -0.3 is 4.90 Å². The molecule has 0 aliphatic carbocycles. The topological polar surface area (TPSA) is 78.0 Å². The summed E-state index contributed by atoms with van der Waals surface area (Å²) in [5.41, 5.74) is 9.61. The van der Waals surface area contributed by atoms with E-state index in [1.54, 1.807) is 0 Å². The lowest BCUT2D eigenvalue weighted by molar-refractivity contribution is 0.0755. The summed E-state index contributed by atoms with van der Waals surface area (Å²) in [5, 5.41) is 7.96. The van der Waals surface area contributed by atoms with Gasteiger partial charge in [0.05, 0.1) is 5.69 Å². The fraction of sp³-hybridized carbons (Fsp3) is 0.391. The number of hydrogen-bond acceptors (Lipinski definition) is 5. The molecular formula is C23H26N6O. The number of amides is 1. The maximum absolute atomic E-state index is 13.1. The Bertz CT molecular complexity index is 1130. The third-order valence-corrected chi connectivity index (χ3v) is 6.44. The van der Waals surface area contributed by atoms with Gasteiger partial charge in [-0.1, -0.05) is 18.2 Å². The second-order valence-electron chi connectivity index (χ2n) is 8.37. The third kappa shape index (κ3) is 3.10. The lowest BCUT2D eigenvalue weighted by Crippen LogP contribution is -2.34. The van der Waals surface area contributed by atoms with Crippen LogP contribution in [-0.4, -0.2) is 56.0 Å². The Labute approximate surface area is 176 Å². The zero-order chi connectivity index (χ0) is 20.8. The van der Waals surface area contributed by atoms with Gasteiger partial charge in [0.25, 0.3) is 5.91 Å². The van der Waals surface area contributed by atoms with E-state index >= 15 is 0 Å². The molecule has 4 heterocycles. The lowest BCUT2D eigenvalue weighted by atomic mass is 9.96. The fourth-order valence-electron chi connectivity index (χ4n) is 4.62. The van der Waals surface area contributed by atoms with Gasteiger partial charge in [0.15, 0.2) is 0 Å². The Balaban J connectivity index is 1.43. The summed E-state index contributed by atoms with van der Waals surface area (Å²) in [6, 6.07) is 6.51. The number of nitrogens with zero attached hydrogens (tertiary/aromatic N) is 5.